The summed E-state index contributed by atoms with van der Waals surface area (Å²) in [5.74, 6) is -0.225. The summed E-state index contributed by atoms with van der Waals surface area (Å²) < 4.78 is 0. The lowest BCUT2D eigenvalue weighted by Gasteiger charge is -2.21. The summed E-state index contributed by atoms with van der Waals surface area (Å²) in [6.45, 7) is 2.64. The fourth-order valence-electron chi connectivity index (χ4n) is 2.42. The van der Waals surface area contributed by atoms with Gasteiger partial charge in [0.15, 0.2) is 5.78 Å². The molecule has 0 aliphatic carbocycles. The molecule has 0 heterocycles. The first-order valence-electron chi connectivity index (χ1n) is 7.86. The first-order chi connectivity index (χ1) is 11.6. The molecule has 0 saturated heterocycles. The minimum Gasteiger partial charge on any atom is -0.395 e. The molecule has 0 radical (unpaired) electrons. The van der Waals surface area contributed by atoms with E-state index in [4.69, 9.17) is 0 Å². The lowest BCUT2D eigenvalue weighted by atomic mass is 10.1. The van der Waals surface area contributed by atoms with Crippen LogP contribution in [0.1, 0.15) is 22.8 Å². The smallest absolute Gasteiger partial charge is 0.238 e. The number of nitrogens with zero attached hydrogens (tertiary/aromatic N) is 1. The van der Waals surface area contributed by atoms with Crippen LogP contribution in [0.3, 0.4) is 0 Å². The van der Waals surface area contributed by atoms with E-state index in [-0.39, 0.29) is 24.8 Å². The lowest BCUT2D eigenvalue weighted by molar-refractivity contribution is -0.117. The van der Waals surface area contributed by atoms with Crippen molar-refractivity contribution in [1.82, 2.24) is 4.90 Å². The second-order valence-corrected chi connectivity index (χ2v) is 5.61. The molecule has 5 heteroatoms. The van der Waals surface area contributed by atoms with E-state index in [9.17, 15) is 14.7 Å². The third kappa shape index (κ3) is 5.61. The Hall–Kier alpha value is -2.50. The first kappa shape index (κ1) is 17.8. The largest absolute Gasteiger partial charge is 0.395 e. The highest BCUT2D eigenvalue weighted by Crippen LogP contribution is 2.11. The highest BCUT2D eigenvalue weighted by molar-refractivity contribution is 5.97. The maximum Gasteiger partial charge on any atom is 0.238 e. The summed E-state index contributed by atoms with van der Waals surface area (Å²) in [5.41, 5.74) is 2.23. The molecule has 5 nitrogen and oxygen atoms in total. The Balaban J connectivity index is 1.97. The number of carbonyl (C=O) groups is 2. The van der Waals surface area contributed by atoms with Gasteiger partial charge in [0.05, 0.1) is 13.2 Å². The highest BCUT2D eigenvalue weighted by Gasteiger charge is 2.12. The SMILES string of the molecule is CC(=O)c1cccc(NC(=O)CN(CCO)Cc2ccccc2)c1. The van der Waals surface area contributed by atoms with Crippen LogP contribution in [0.15, 0.2) is 54.6 Å². The highest BCUT2D eigenvalue weighted by atomic mass is 16.3. The van der Waals surface area contributed by atoms with Gasteiger partial charge in [0.2, 0.25) is 5.91 Å². The number of aliphatic hydroxyl groups excluding tert-OH is 1. The summed E-state index contributed by atoms with van der Waals surface area (Å²) in [4.78, 5) is 25.5. The number of benzene rings is 2. The summed E-state index contributed by atoms with van der Waals surface area (Å²) in [7, 11) is 0. The van der Waals surface area contributed by atoms with E-state index in [2.05, 4.69) is 5.32 Å². The van der Waals surface area contributed by atoms with Crippen molar-refractivity contribution in [2.24, 2.45) is 0 Å². The second-order valence-electron chi connectivity index (χ2n) is 5.61. The minimum absolute atomic E-state index is 0.0140. The number of anilines is 1. The Morgan fingerprint density at radius 3 is 2.50 bits per heavy atom. The Kier molecular flexibility index (Phi) is 6.66. The Bertz CT molecular complexity index is 686. The van der Waals surface area contributed by atoms with Crippen LogP contribution in [0.2, 0.25) is 0 Å². The van der Waals surface area contributed by atoms with Gasteiger partial charge in [0.25, 0.3) is 0 Å². The molecule has 1 amide bonds. The van der Waals surface area contributed by atoms with Gasteiger partial charge in [0.1, 0.15) is 0 Å². The number of aliphatic hydroxyl groups is 1. The van der Waals surface area contributed by atoms with E-state index in [0.717, 1.165) is 5.56 Å². The van der Waals surface area contributed by atoms with Crippen molar-refractivity contribution < 1.29 is 14.7 Å². The van der Waals surface area contributed by atoms with Crippen molar-refractivity contribution in [3.63, 3.8) is 0 Å². The second kappa shape index (κ2) is 8.96. The van der Waals surface area contributed by atoms with E-state index in [0.29, 0.717) is 24.3 Å². The molecule has 0 saturated carbocycles. The maximum atomic E-state index is 12.2. The fourth-order valence-corrected chi connectivity index (χ4v) is 2.42. The first-order valence-corrected chi connectivity index (χ1v) is 7.86. The van der Waals surface area contributed by atoms with Gasteiger partial charge in [-0.15, -0.1) is 0 Å². The number of nitrogens with one attached hydrogen (secondary N) is 1. The van der Waals surface area contributed by atoms with Crippen LogP contribution in [0.5, 0.6) is 0 Å². The van der Waals surface area contributed by atoms with Crippen LogP contribution < -0.4 is 5.32 Å². The third-order valence-electron chi connectivity index (χ3n) is 3.59. The lowest BCUT2D eigenvalue weighted by Crippen LogP contribution is -2.34. The zero-order valence-electron chi connectivity index (χ0n) is 13.7. The average Bonchev–Trinajstić information content (AvgIpc) is 2.56. The van der Waals surface area contributed by atoms with Gasteiger partial charge < -0.3 is 10.4 Å². The molecule has 0 spiro atoms. The van der Waals surface area contributed by atoms with Crippen LogP contribution in [0, 0.1) is 0 Å². The number of hydrogen-bond donors (Lipinski definition) is 2. The molecule has 0 fully saturated rings. The molecule has 2 rings (SSSR count). The Morgan fingerprint density at radius 2 is 1.83 bits per heavy atom. The molecule has 0 unspecified atom stereocenters. The van der Waals surface area contributed by atoms with Gasteiger partial charge in [-0.3, -0.25) is 14.5 Å². The van der Waals surface area contributed by atoms with Gasteiger partial charge in [-0.2, -0.15) is 0 Å². The predicted molar refractivity (Wildman–Crippen MR) is 93.9 cm³/mol. The maximum absolute atomic E-state index is 12.2. The normalized spacial score (nSPS) is 10.6. The number of ketones is 1. The third-order valence-corrected chi connectivity index (χ3v) is 3.59. The standard InChI is InChI=1S/C19H22N2O3/c1-15(23)17-8-5-9-18(12-17)20-19(24)14-21(10-11-22)13-16-6-3-2-4-7-16/h2-9,12,22H,10-11,13-14H2,1H3,(H,20,24). The van der Waals surface area contributed by atoms with Crippen LogP contribution in [0.25, 0.3) is 0 Å². The van der Waals surface area contributed by atoms with Gasteiger partial charge in [-0.05, 0) is 24.6 Å². The number of carbonyl (C=O) groups excluding carboxylic acids is 2. The molecule has 2 N–H and O–H groups in total. The van der Waals surface area contributed by atoms with Gasteiger partial charge in [0, 0.05) is 24.3 Å². The van der Waals surface area contributed by atoms with Crippen molar-refractivity contribution in [3.8, 4) is 0 Å². The molecule has 126 valence electrons. The summed E-state index contributed by atoms with van der Waals surface area (Å²) in [6, 6.07) is 16.7. The number of Topliss-reactive ketones (excluding diaryl/α,β-unsaturated/α-hetero) is 1. The van der Waals surface area contributed by atoms with Crippen molar-refractivity contribution in [3.05, 3.63) is 65.7 Å². The Morgan fingerprint density at radius 1 is 1.08 bits per heavy atom. The number of amides is 1. The molecule has 0 bridgehead atoms. The molecule has 24 heavy (non-hydrogen) atoms. The van der Waals surface area contributed by atoms with Crippen molar-refractivity contribution in [2.75, 3.05) is 25.0 Å². The van der Waals surface area contributed by atoms with Crippen molar-refractivity contribution in [2.45, 2.75) is 13.5 Å². The predicted octanol–water partition coefficient (Wildman–Crippen LogP) is 2.32. The van der Waals surface area contributed by atoms with Gasteiger partial charge >= 0.3 is 0 Å². The fraction of sp³-hybridized carbons (Fsp3) is 0.263. The van der Waals surface area contributed by atoms with Crippen LogP contribution in [-0.2, 0) is 11.3 Å². The molecule has 0 atom stereocenters. The Labute approximate surface area is 141 Å². The van der Waals surface area contributed by atoms with Crippen molar-refractivity contribution >= 4 is 17.4 Å². The molecule has 0 aromatic heterocycles. The molecule has 2 aromatic rings. The minimum atomic E-state index is -0.180. The van der Waals surface area contributed by atoms with Gasteiger partial charge in [-0.1, -0.05) is 42.5 Å². The van der Waals surface area contributed by atoms with Crippen LogP contribution in [-0.4, -0.2) is 41.4 Å². The zero-order valence-corrected chi connectivity index (χ0v) is 13.7. The van der Waals surface area contributed by atoms with E-state index in [1.54, 1.807) is 24.3 Å². The summed E-state index contributed by atoms with van der Waals surface area (Å²) in [6.07, 6.45) is 0. The average molecular weight is 326 g/mol. The van der Waals surface area contributed by atoms with Crippen LogP contribution >= 0.6 is 0 Å². The molecule has 0 aliphatic rings. The topological polar surface area (TPSA) is 69.6 Å². The van der Waals surface area contributed by atoms with E-state index >= 15 is 0 Å². The zero-order chi connectivity index (χ0) is 17.4. The molecular weight excluding hydrogens is 304 g/mol. The molecule has 0 aliphatic heterocycles. The van der Waals surface area contributed by atoms with E-state index in [1.807, 2.05) is 35.2 Å². The number of hydrogen-bond acceptors (Lipinski definition) is 4. The molecular formula is C19H22N2O3. The quantitative estimate of drug-likeness (QED) is 0.731. The summed E-state index contributed by atoms with van der Waals surface area (Å²) in [5, 5.41) is 12.0. The van der Waals surface area contributed by atoms with Gasteiger partial charge in [-0.25, -0.2) is 0 Å². The molecule has 2 aromatic carbocycles. The van der Waals surface area contributed by atoms with E-state index < -0.39 is 0 Å². The summed E-state index contributed by atoms with van der Waals surface area (Å²) >= 11 is 0. The van der Waals surface area contributed by atoms with E-state index in [1.165, 1.54) is 6.92 Å². The van der Waals surface area contributed by atoms with Crippen LogP contribution in [0.4, 0.5) is 5.69 Å². The van der Waals surface area contributed by atoms with Crippen molar-refractivity contribution in [1.29, 1.82) is 0 Å². The number of rotatable bonds is 8. The monoisotopic (exact) mass is 326 g/mol.